The van der Waals surface area contributed by atoms with Gasteiger partial charge in [-0.15, -0.1) is 10.2 Å². The molecule has 0 aliphatic carbocycles. The maximum atomic E-state index is 9.05. The molecule has 0 aliphatic heterocycles. The SMILES string of the molecule is CN(C)CCn1nnnc1-c1nnnn1CO. The standard InChI is InChI=1S/C7H13N9O/c1-14(2)3-4-15-6(8-10-12-15)7-9-11-13-16(7)5-17/h17H,3-5H2,1-2H3. The average molecular weight is 239 g/mol. The number of tetrazole rings is 2. The van der Waals surface area contributed by atoms with Crippen LogP contribution in [0.5, 0.6) is 0 Å². The van der Waals surface area contributed by atoms with Gasteiger partial charge in [-0.3, -0.25) is 0 Å². The molecule has 2 rings (SSSR count). The van der Waals surface area contributed by atoms with Gasteiger partial charge in [0.1, 0.15) is 6.73 Å². The average Bonchev–Trinajstić information content (AvgIpc) is 2.93. The van der Waals surface area contributed by atoms with E-state index in [1.54, 1.807) is 4.68 Å². The highest BCUT2D eigenvalue weighted by Crippen LogP contribution is 2.10. The molecule has 17 heavy (non-hydrogen) atoms. The monoisotopic (exact) mass is 239 g/mol. The summed E-state index contributed by atoms with van der Waals surface area (Å²) in [5.41, 5.74) is 0. The summed E-state index contributed by atoms with van der Waals surface area (Å²) in [6.45, 7) is 1.09. The molecule has 2 aromatic heterocycles. The Kier molecular flexibility index (Phi) is 3.35. The van der Waals surface area contributed by atoms with Gasteiger partial charge in [0.2, 0.25) is 11.6 Å². The van der Waals surface area contributed by atoms with Crippen LogP contribution in [0.3, 0.4) is 0 Å². The minimum atomic E-state index is -0.317. The predicted molar refractivity (Wildman–Crippen MR) is 55.4 cm³/mol. The Morgan fingerprint density at radius 3 is 2.24 bits per heavy atom. The van der Waals surface area contributed by atoms with Crippen molar-refractivity contribution in [3.05, 3.63) is 0 Å². The molecule has 92 valence electrons. The van der Waals surface area contributed by atoms with Crippen LogP contribution < -0.4 is 0 Å². The van der Waals surface area contributed by atoms with Crippen LogP contribution in [-0.4, -0.2) is 71.1 Å². The van der Waals surface area contributed by atoms with Crippen LogP contribution in [0.25, 0.3) is 11.6 Å². The molecule has 2 aromatic rings. The summed E-state index contributed by atoms with van der Waals surface area (Å²) in [5.74, 6) is 0.780. The fourth-order valence-electron chi connectivity index (χ4n) is 1.27. The van der Waals surface area contributed by atoms with Crippen LogP contribution in [0.15, 0.2) is 0 Å². The number of rotatable bonds is 5. The molecule has 0 atom stereocenters. The van der Waals surface area contributed by atoms with E-state index >= 15 is 0 Å². The number of aliphatic hydroxyl groups is 1. The highest BCUT2D eigenvalue weighted by molar-refractivity contribution is 5.40. The number of hydrogen-bond acceptors (Lipinski definition) is 8. The summed E-state index contributed by atoms with van der Waals surface area (Å²) in [6, 6.07) is 0. The van der Waals surface area contributed by atoms with Crippen molar-refractivity contribution >= 4 is 0 Å². The minimum Gasteiger partial charge on any atom is -0.374 e. The van der Waals surface area contributed by atoms with Crippen LogP contribution in [0.1, 0.15) is 0 Å². The van der Waals surface area contributed by atoms with Crippen LogP contribution in [-0.2, 0) is 13.3 Å². The van der Waals surface area contributed by atoms with Gasteiger partial charge in [-0.05, 0) is 34.9 Å². The third kappa shape index (κ3) is 2.42. The predicted octanol–water partition coefficient (Wildman–Crippen LogP) is -2.16. The number of nitrogens with zero attached hydrogens (tertiary/aromatic N) is 9. The van der Waals surface area contributed by atoms with E-state index < -0.39 is 0 Å². The molecule has 0 fully saturated rings. The first-order chi connectivity index (χ1) is 8.22. The third-order valence-electron chi connectivity index (χ3n) is 2.16. The van der Waals surface area contributed by atoms with Gasteiger partial charge < -0.3 is 10.0 Å². The molecule has 0 aromatic carbocycles. The summed E-state index contributed by atoms with van der Waals surface area (Å²) < 4.78 is 2.82. The molecule has 10 heteroatoms. The Morgan fingerprint density at radius 1 is 1.06 bits per heavy atom. The Hall–Kier alpha value is -1.94. The van der Waals surface area contributed by atoms with E-state index in [9.17, 15) is 0 Å². The smallest absolute Gasteiger partial charge is 0.223 e. The lowest BCUT2D eigenvalue weighted by Crippen LogP contribution is -2.20. The maximum absolute atomic E-state index is 9.05. The minimum absolute atomic E-state index is 0.317. The molecular weight excluding hydrogens is 226 g/mol. The number of aromatic nitrogens is 8. The summed E-state index contributed by atoms with van der Waals surface area (Å²) in [6.07, 6.45) is 0. The van der Waals surface area contributed by atoms with Crippen molar-refractivity contribution in [1.82, 2.24) is 45.3 Å². The zero-order chi connectivity index (χ0) is 12.3. The van der Waals surface area contributed by atoms with E-state index in [0.29, 0.717) is 18.2 Å². The normalized spacial score (nSPS) is 11.3. The first-order valence-electron chi connectivity index (χ1n) is 5.00. The molecular formula is C7H13N9O. The lowest BCUT2D eigenvalue weighted by atomic mass is 10.5. The summed E-state index contributed by atoms with van der Waals surface area (Å²) in [7, 11) is 3.92. The third-order valence-corrected chi connectivity index (χ3v) is 2.16. The summed E-state index contributed by atoms with van der Waals surface area (Å²) in [5, 5.41) is 31.2. The molecule has 0 amide bonds. The van der Waals surface area contributed by atoms with Crippen molar-refractivity contribution in [3.63, 3.8) is 0 Å². The molecule has 0 bridgehead atoms. The van der Waals surface area contributed by atoms with Gasteiger partial charge in [0, 0.05) is 6.54 Å². The molecule has 0 spiro atoms. The molecule has 0 saturated carbocycles. The molecule has 0 radical (unpaired) electrons. The van der Waals surface area contributed by atoms with E-state index in [4.69, 9.17) is 5.11 Å². The molecule has 10 nitrogen and oxygen atoms in total. The second-order valence-corrected chi connectivity index (χ2v) is 3.67. The molecule has 0 saturated heterocycles. The molecule has 0 aliphatic rings. The largest absolute Gasteiger partial charge is 0.374 e. The number of likely N-dealkylation sites (N-methyl/N-ethyl adjacent to an activating group) is 1. The molecule has 0 unspecified atom stereocenters. The summed E-state index contributed by atoms with van der Waals surface area (Å²) in [4.78, 5) is 2.01. The molecule has 1 N–H and O–H groups in total. The highest BCUT2D eigenvalue weighted by atomic mass is 16.3. The number of hydrogen-bond donors (Lipinski definition) is 1. The number of aliphatic hydroxyl groups excluding tert-OH is 1. The van der Waals surface area contributed by atoms with E-state index in [0.717, 1.165) is 6.54 Å². The van der Waals surface area contributed by atoms with E-state index in [-0.39, 0.29) is 6.73 Å². The lowest BCUT2D eigenvalue weighted by Gasteiger charge is -2.09. The van der Waals surface area contributed by atoms with Crippen LogP contribution in [0, 0.1) is 0 Å². The first kappa shape index (κ1) is 11.5. The van der Waals surface area contributed by atoms with E-state index in [2.05, 4.69) is 31.1 Å². The zero-order valence-electron chi connectivity index (χ0n) is 9.59. The van der Waals surface area contributed by atoms with Gasteiger partial charge in [0.15, 0.2) is 0 Å². The fraction of sp³-hybridized carbons (Fsp3) is 0.714. The molecule has 2 heterocycles. The Balaban J connectivity index is 2.24. The second kappa shape index (κ2) is 4.93. The lowest BCUT2D eigenvalue weighted by molar-refractivity contribution is 0.194. The van der Waals surface area contributed by atoms with Gasteiger partial charge in [-0.1, -0.05) is 0 Å². The first-order valence-corrected chi connectivity index (χ1v) is 5.00. The van der Waals surface area contributed by atoms with Gasteiger partial charge in [0.05, 0.1) is 6.54 Å². The van der Waals surface area contributed by atoms with Gasteiger partial charge in [0.25, 0.3) is 0 Å². The van der Waals surface area contributed by atoms with Crippen LogP contribution in [0.4, 0.5) is 0 Å². The Morgan fingerprint density at radius 2 is 1.65 bits per heavy atom. The zero-order valence-corrected chi connectivity index (χ0v) is 9.59. The van der Waals surface area contributed by atoms with Crippen molar-refractivity contribution in [2.45, 2.75) is 13.3 Å². The van der Waals surface area contributed by atoms with Gasteiger partial charge in [-0.2, -0.15) is 4.68 Å². The van der Waals surface area contributed by atoms with E-state index in [1.807, 2.05) is 19.0 Å². The Labute approximate surface area is 96.8 Å². The van der Waals surface area contributed by atoms with Crippen molar-refractivity contribution in [1.29, 1.82) is 0 Å². The van der Waals surface area contributed by atoms with Crippen LogP contribution in [0.2, 0.25) is 0 Å². The highest BCUT2D eigenvalue weighted by Gasteiger charge is 2.16. The van der Waals surface area contributed by atoms with E-state index in [1.165, 1.54) is 4.68 Å². The van der Waals surface area contributed by atoms with Crippen molar-refractivity contribution in [2.75, 3.05) is 20.6 Å². The second-order valence-electron chi connectivity index (χ2n) is 3.67. The van der Waals surface area contributed by atoms with Crippen LogP contribution >= 0.6 is 0 Å². The fourth-order valence-corrected chi connectivity index (χ4v) is 1.27. The Bertz CT molecular complexity index is 475. The van der Waals surface area contributed by atoms with Gasteiger partial charge in [-0.25, -0.2) is 4.68 Å². The van der Waals surface area contributed by atoms with Gasteiger partial charge >= 0.3 is 0 Å². The summed E-state index contributed by atoms with van der Waals surface area (Å²) >= 11 is 0. The maximum Gasteiger partial charge on any atom is 0.223 e. The van der Waals surface area contributed by atoms with Crippen molar-refractivity contribution in [2.24, 2.45) is 0 Å². The quantitative estimate of drug-likeness (QED) is 0.628. The topological polar surface area (TPSA) is 111 Å². The van der Waals surface area contributed by atoms with Crippen molar-refractivity contribution < 1.29 is 5.11 Å². The van der Waals surface area contributed by atoms with Crippen molar-refractivity contribution in [3.8, 4) is 11.6 Å².